The fourth-order valence-electron chi connectivity index (χ4n) is 0.949. The molecule has 1 heterocycles. The van der Waals surface area contributed by atoms with Crippen LogP contribution >= 0.6 is 0 Å². The summed E-state index contributed by atoms with van der Waals surface area (Å²) in [6, 6.07) is 2.93. The number of anilines is 1. The summed E-state index contributed by atoms with van der Waals surface area (Å²) in [4.78, 5) is 21.4. The van der Waals surface area contributed by atoms with Crippen LogP contribution in [0.3, 0.4) is 0 Å². The third-order valence-corrected chi connectivity index (χ3v) is 1.58. The summed E-state index contributed by atoms with van der Waals surface area (Å²) in [5.41, 5.74) is 0.391. The highest BCUT2D eigenvalue weighted by atomic mass is 16.4. The zero-order valence-corrected chi connectivity index (χ0v) is 7.15. The predicted octanol–water partition coefficient (Wildman–Crippen LogP) is -0.0254. The molecule has 0 aromatic carbocycles. The van der Waals surface area contributed by atoms with Gasteiger partial charge in [-0.25, -0.2) is 0 Å². The SMILES string of the molecule is CNc1ccc(=O)n(CC(=O)O)c1. The number of nitrogens with zero attached hydrogens (tertiary/aromatic N) is 1. The number of hydrogen-bond donors (Lipinski definition) is 2. The summed E-state index contributed by atoms with van der Waals surface area (Å²) in [6.07, 6.45) is 1.47. The number of aliphatic carboxylic acids is 1. The number of rotatable bonds is 3. The second kappa shape index (κ2) is 3.75. The summed E-state index contributed by atoms with van der Waals surface area (Å²) in [6.45, 7) is -0.311. The van der Waals surface area contributed by atoms with Gasteiger partial charge in [0, 0.05) is 19.3 Å². The van der Waals surface area contributed by atoms with Crippen molar-refractivity contribution in [2.24, 2.45) is 0 Å². The van der Waals surface area contributed by atoms with Gasteiger partial charge in [0.15, 0.2) is 0 Å². The van der Waals surface area contributed by atoms with E-state index in [1.54, 1.807) is 13.1 Å². The average Bonchev–Trinajstić information content (AvgIpc) is 2.08. The van der Waals surface area contributed by atoms with E-state index in [2.05, 4.69) is 5.32 Å². The average molecular weight is 182 g/mol. The molecule has 1 rings (SSSR count). The van der Waals surface area contributed by atoms with E-state index in [1.165, 1.54) is 12.3 Å². The maximum Gasteiger partial charge on any atom is 0.323 e. The molecule has 0 bridgehead atoms. The number of pyridine rings is 1. The van der Waals surface area contributed by atoms with Crippen molar-refractivity contribution in [2.75, 3.05) is 12.4 Å². The van der Waals surface area contributed by atoms with E-state index in [-0.39, 0.29) is 12.1 Å². The molecule has 0 aliphatic rings. The third-order valence-electron chi connectivity index (χ3n) is 1.58. The normalized spacial score (nSPS) is 9.62. The Hall–Kier alpha value is -1.78. The lowest BCUT2D eigenvalue weighted by atomic mass is 10.4. The summed E-state index contributed by atoms with van der Waals surface area (Å²) in [5, 5.41) is 11.3. The lowest BCUT2D eigenvalue weighted by molar-refractivity contribution is -0.137. The molecule has 1 aromatic rings. The Morgan fingerprint density at radius 1 is 1.62 bits per heavy atom. The van der Waals surface area contributed by atoms with Crippen molar-refractivity contribution >= 4 is 11.7 Å². The van der Waals surface area contributed by atoms with Crippen molar-refractivity contribution in [1.29, 1.82) is 0 Å². The van der Waals surface area contributed by atoms with Crippen LogP contribution in [0, 0.1) is 0 Å². The third kappa shape index (κ3) is 2.33. The van der Waals surface area contributed by atoms with Crippen LogP contribution in [0.25, 0.3) is 0 Å². The smallest absolute Gasteiger partial charge is 0.323 e. The van der Waals surface area contributed by atoms with Gasteiger partial charge in [-0.2, -0.15) is 0 Å². The molecule has 0 radical (unpaired) electrons. The van der Waals surface area contributed by atoms with Crippen LogP contribution in [0.2, 0.25) is 0 Å². The monoisotopic (exact) mass is 182 g/mol. The van der Waals surface area contributed by atoms with Gasteiger partial charge in [0.1, 0.15) is 6.54 Å². The molecule has 70 valence electrons. The highest BCUT2D eigenvalue weighted by Gasteiger charge is 2.01. The molecule has 0 saturated carbocycles. The van der Waals surface area contributed by atoms with Crippen LogP contribution < -0.4 is 10.9 Å². The number of aromatic nitrogens is 1. The van der Waals surface area contributed by atoms with Crippen molar-refractivity contribution in [3.05, 3.63) is 28.7 Å². The highest BCUT2D eigenvalue weighted by Crippen LogP contribution is 2.00. The summed E-state index contributed by atoms with van der Waals surface area (Å²) in [7, 11) is 1.70. The molecule has 0 saturated heterocycles. The Balaban J connectivity index is 3.04. The molecule has 0 aliphatic heterocycles. The van der Waals surface area contributed by atoms with Gasteiger partial charge in [0.25, 0.3) is 5.56 Å². The molecule has 0 unspecified atom stereocenters. The molecule has 5 heteroatoms. The van der Waals surface area contributed by atoms with Gasteiger partial charge in [-0.3, -0.25) is 9.59 Å². The minimum atomic E-state index is -1.03. The summed E-state index contributed by atoms with van der Waals surface area (Å²) >= 11 is 0. The second-order valence-corrected chi connectivity index (χ2v) is 2.53. The van der Waals surface area contributed by atoms with Gasteiger partial charge >= 0.3 is 5.97 Å². The van der Waals surface area contributed by atoms with Crippen LogP contribution in [0.15, 0.2) is 23.1 Å². The zero-order chi connectivity index (χ0) is 9.84. The zero-order valence-electron chi connectivity index (χ0n) is 7.15. The highest BCUT2D eigenvalue weighted by molar-refractivity contribution is 5.66. The largest absolute Gasteiger partial charge is 0.480 e. The molecule has 13 heavy (non-hydrogen) atoms. The fraction of sp³-hybridized carbons (Fsp3) is 0.250. The standard InChI is InChI=1S/C8H10N2O3/c1-9-6-2-3-7(11)10(4-6)5-8(12)13/h2-4,9H,5H2,1H3,(H,12,13). The van der Waals surface area contributed by atoms with E-state index in [4.69, 9.17) is 5.11 Å². The van der Waals surface area contributed by atoms with Crippen LogP contribution in [0.5, 0.6) is 0 Å². The van der Waals surface area contributed by atoms with Gasteiger partial charge < -0.3 is 15.0 Å². The van der Waals surface area contributed by atoms with E-state index in [1.807, 2.05) is 0 Å². The van der Waals surface area contributed by atoms with Crippen molar-refractivity contribution < 1.29 is 9.90 Å². The molecule has 0 atom stereocenters. The molecular weight excluding hydrogens is 172 g/mol. The number of hydrogen-bond acceptors (Lipinski definition) is 3. The van der Waals surface area contributed by atoms with Gasteiger partial charge in [0.05, 0.1) is 5.69 Å². The first-order valence-electron chi connectivity index (χ1n) is 3.73. The number of carbonyl (C=O) groups is 1. The minimum Gasteiger partial charge on any atom is -0.480 e. The van der Waals surface area contributed by atoms with Crippen molar-refractivity contribution in [3.63, 3.8) is 0 Å². The van der Waals surface area contributed by atoms with Crippen LogP contribution in [0.4, 0.5) is 5.69 Å². The Morgan fingerprint density at radius 3 is 2.85 bits per heavy atom. The first-order valence-corrected chi connectivity index (χ1v) is 3.73. The van der Waals surface area contributed by atoms with Gasteiger partial charge in [-0.1, -0.05) is 0 Å². The molecule has 0 aliphatic carbocycles. The summed E-state index contributed by atoms with van der Waals surface area (Å²) < 4.78 is 1.13. The molecule has 2 N–H and O–H groups in total. The fourth-order valence-corrected chi connectivity index (χ4v) is 0.949. The Kier molecular flexibility index (Phi) is 2.69. The first kappa shape index (κ1) is 9.31. The van der Waals surface area contributed by atoms with Gasteiger partial charge in [-0.05, 0) is 6.07 Å². The summed E-state index contributed by atoms with van der Waals surface area (Å²) in [5.74, 6) is -1.03. The van der Waals surface area contributed by atoms with Gasteiger partial charge in [-0.15, -0.1) is 0 Å². The quantitative estimate of drug-likeness (QED) is 0.688. The van der Waals surface area contributed by atoms with E-state index in [0.717, 1.165) is 4.57 Å². The number of nitrogens with one attached hydrogen (secondary N) is 1. The molecule has 0 spiro atoms. The first-order chi connectivity index (χ1) is 6.13. The van der Waals surface area contributed by atoms with Crippen molar-refractivity contribution in [3.8, 4) is 0 Å². The van der Waals surface area contributed by atoms with E-state index in [9.17, 15) is 9.59 Å². The van der Waals surface area contributed by atoms with Gasteiger partial charge in [0.2, 0.25) is 0 Å². The predicted molar refractivity (Wildman–Crippen MR) is 47.9 cm³/mol. The maximum absolute atomic E-state index is 11.1. The van der Waals surface area contributed by atoms with E-state index in [0.29, 0.717) is 5.69 Å². The van der Waals surface area contributed by atoms with Crippen LogP contribution in [-0.2, 0) is 11.3 Å². The van der Waals surface area contributed by atoms with E-state index >= 15 is 0 Å². The lowest BCUT2D eigenvalue weighted by Crippen LogP contribution is -2.22. The van der Waals surface area contributed by atoms with Crippen molar-refractivity contribution in [2.45, 2.75) is 6.54 Å². The lowest BCUT2D eigenvalue weighted by Gasteiger charge is -2.04. The maximum atomic E-state index is 11.1. The van der Waals surface area contributed by atoms with Crippen LogP contribution in [0.1, 0.15) is 0 Å². The van der Waals surface area contributed by atoms with E-state index < -0.39 is 5.97 Å². The Morgan fingerprint density at radius 2 is 2.31 bits per heavy atom. The molecule has 5 nitrogen and oxygen atoms in total. The van der Waals surface area contributed by atoms with Crippen molar-refractivity contribution in [1.82, 2.24) is 4.57 Å². The minimum absolute atomic E-state index is 0.311. The topological polar surface area (TPSA) is 71.3 Å². The molecule has 0 amide bonds. The molecular formula is C8H10N2O3. The number of carboxylic acids is 1. The van der Waals surface area contributed by atoms with Crippen LogP contribution in [-0.4, -0.2) is 22.7 Å². The molecule has 0 fully saturated rings. The second-order valence-electron chi connectivity index (χ2n) is 2.53. The molecule has 1 aromatic heterocycles. The Labute approximate surface area is 74.6 Å². The number of carboxylic acid groups (broad SMARTS) is 1. The Bertz CT molecular complexity index is 370.